The van der Waals surface area contributed by atoms with E-state index in [1.54, 1.807) is 6.07 Å². The van der Waals surface area contributed by atoms with Crippen LogP contribution in [0.15, 0.2) is 10.9 Å². The molecule has 17 heavy (non-hydrogen) atoms. The molecule has 92 valence electrons. The van der Waals surface area contributed by atoms with Crippen LogP contribution in [0.5, 0.6) is 0 Å². The van der Waals surface area contributed by atoms with Crippen molar-refractivity contribution in [2.24, 2.45) is 0 Å². The van der Waals surface area contributed by atoms with Crippen molar-refractivity contribution in [3.8, 4) is 0 Å². The Hall–Kier alpha value is -1.36. The fraction of sp³-hybridized carbons (Fsp3) is 0.667. The quantitative estimate of drug-likeness (QED) is 0.805. The summed E-state index contributed by atoms with van der Waals surface area (Å²) in [6.45, 7) is 1.01. The minimum atomic E-state index is -0.0829. The molecule has 1 aromatic rings. The van der Waals surface area contributed by atoms with Crippen LogP contribution in [-0.4, -0.2) is 34.3 Å². The number of hydrogen-bond donors (Lipinski definition) is 2. The highest BCUT2D eigenvalue weighted by Gasteiger charge is 2.29. The number of nitrogens with zero attached hydrogens (tertiary/aromatic N) is 2. The van der Waals surface area contributed by atoms with Crippen molar-refractivity contribution in [3.63, 3.8) is 0 Å². The Balaban J connectivity index is 1.93. The third kappa shape index (κ3) is 2.07. The van der Waals surface area contributed by atoms with Crippen molar-refractivity contribution in [2.45, 2.75) is 37.6 Å². The van der Waals surface area contributed by atoms with Crippen LogP contribution in [0, 0.1) is 0 Å². The second kappa shape index (κ2) is 4.14. The molecule has 1 aliphatic heterocycles. The summed E-state index contributed by atoms with van der Waals surface area (Å²) in [6.07, 6.45) is 4.27. The van der Waals surface area contributed by atoms with Crippen molar-refractivity contribution in [1.29, 1.82) is 0 Å². The Morgan fingerprint density at radius 2 is 2.29 bits per heavy atom. The maximum absolute atomic E-state index is 11.6. The molecule has 1 saturated heterocycles. The van der Waals surface area contributed by atoms with Gasteiger partial charge in [0.15, 0.2) is 0 Å². The minimum absolute atomic E-state index is 0.0829. The number of aromatic nitrogens is 2. The Morgan fingerprint density at radius 1 is 1.47 bits per heavy atom. The molecule has 2 heterocycles. The number of aliphatic hydroxyl groups excluding tert-OH is 1. The second-order valence-corrected chi connectivity index (χ2v) is 4.94. The Morgan fingerprint density at radius 3 is 3.00 bits per heavy atom. The normalized spacial score (nSPS) is 24.3. The predicted octanol–water partition coefficient (Wildman–Crippen LogP) is 0.608. The highest BCUT2D eigenvalue weighted by atomic mass is 16.3. The zero-order chi connectivity index (χ0) is 11.8. The molecule has 0 amide bonds. The molecule has 1 saturated carbocycles. The lowest BCUT2D eigenvalue weighted by Crippen LogP contribution is -2.34. The summed E-state index contributed by atoms with van der Waals surface area (Å²) in [6, 6.07) is 1.66. The van der Waals surface area contributed by atoms with E-state index >= 15 is 0 Å². The number of hydrogen-bond acceptors (Lipinski definition) is 4. The standard InChI is InChI=1S/C12H17N3O2/c16-7-9-2-1-5-15(9)10-6-11(17)14-12(13-10)8-3-4-8/h6,8-9,16H,1-5,7H2,(H,13,14,17). The zero-order valence-corrected chi connectivity index (χ0v) is 9.72. The van der Waals surface area contributed by atoms with Gasteiger partial charge in [-0.2, -0.15) is 0 Å². The van der Waals surface area contributed by atoms with Crippen LogP contribution in [0.2, 0.25) is 0 Å². The van der Waals surface area contributed by atoms with Crippen LogP contribution < -0.4 is 10.5 Å². The van der Waals surface area contributed by atoms with Gasteiger partial charge in [0.1, 0.15) is 11.6 Å². The largest absolute Gasteiger partial charge is 0.394 e. The summed E-state index contributed by atoms with van der Waals surface area (Å²) in [5, 5.41) is 9.30. The van der Waals surface area contributed by atoms with Crippen LogP contribution in [-0.2, 0) is 0 Å². The maximum Gasteiger partial charge on any atom is 0.252 e. The lowest BCUT2D eigenvalue weighted by atomic mass is 10.2. The van der Waals surface area contributed by atoms with E-state index < -0.39 is 0 Å². The highest BCUT2D eigenvalue weighted by Crippen LogP contribution is 2.38. The molecule has 0 spiro atoms. The van der Waals surface area contributed by atoms with Gasteiger partial charge in [-0.1, -0.05) is 0 Å². The molecule has 1 unspecified atom stereocenters. The number of aliphatic hydroxyl groups is 1. The number of H-pyrrole nitrogens is 1. The number of nitrogens with one attached hydrogen (secondary N) is 1. The molecular weight excluding hydrogens is 218 g/mol. The summed E-state index contributed by atoms with van der Waals surface area (Å²) in [4.78, 5) is 21.0. The van der Waals surface area contributed by atoms with Crippen LogP contribution >= 0.6 is 0 Å². The average molecular weight is 235 g/mol. The molecule has 2 fully saturated rings. The third-order valence-electron chi connectivity index (χ3n) is 3.59. The molecule has 5 nitrogen and oxygen atoms in total. The zero-order valence-electron chi connectivity index (χ0n) is 9.72. The Bertz CT molecular complexity index is 467. The van der Waals surface area contributed by atoms with E-state index in [2.05, 4.69) is 14.9 Å². The second-order valence-electron chi connectivity index (χ2n) is 4.94. The molecule has 0 radical (unpaired) electrons. The SMILES string of the molecule is O=c1cc(N2CCCC2CO)nc(C2CC2)[nH]1. The fourth-order valence-electron chi connectivity index (χ4n) is 2.49. The van der Waals surface area contributed by atoms with Gasteiger partial charge >= 0.3 is 0 Å². The fourth-order valence-corrected chi connectivity index (χ4v) is 2.49. The van der Waals surface area contributed by atoms with E-state index in [0.29, 0.717) is 5.92 Å². The summed E-state index contributed by atoms with van der Waals surface area (Å²) < 4.78 is 0. The monoisotopic (exact) mass is 235 g/mol. The molecule has 0 aromatic carbocycles. The molecule has 3 rings (SSSR count). The van der Waals surface area contributed by atoms with Gasteiger partial charge in [0.05, 0.1) is 12.6 Å². The van der Waals surface area contributed by atoms with Crippen LogP contribution in [0.1, 0.15) is 37.4 Å². The van der Waals surface area contributed by atoms with Crippen LogP contribution in [0.3, 0.4) is 0 Å². The topological polar surface area (TPSA) is 69.2 Å². The van der Waals surface area contributed by atoms with E-state index in [4.69, 9.17) is 0 Å². The van der Waals surface area contributed by atoms with Gasteiger partial charge in [-0.15, -0.1) is 0 Å². The first-order valence-corrected chi connectivity index (χ1v) is 6.26. The minimum Gasteiger partial charge on any atom is -0.394 e. The molecule has 2 N–H and O–H groups in total. The molecule has 1 atom stereocenters. The van der Waals surface area contributed by atoms with E-state index in [1.165, 1.54) is 0 Å². The Kier molecular flexibility index (Phi) is 2.63. The maximum atomic E-state index is 11.6. The van der Waals surface area contributed by atoms with Gasteiger partial charge in [-0.25, -0.2) is 4.98 Å². The lowest BCUT2D eigenvalue weighted by Gasteiger charge is -2.24. The van der Waals surface area contributed by atoms with E-state index in [9.17, 15) is 9.90 Å². The first kappa shape index (κ1) is 10.8. The number of rotatable bonds is 3. The van der Waals surface area contributed by atoms with Crippen molar-refractivity contribution in [3.05, 3.63) is 22.2 Å². The highest BCUT2D eigenvalue weighted by molar-refractivity contribution is 5.41. The van der Waals surface area contributed by atoms with Gasteiger partial charge in [0.2, 0.25) is 0 Å². The van der Waals surface area contributed by atoms with Crippen molar-refractivity contribution in [1.82, 2.24) is 9.97 Å². The summed E-state index contributed by atoms with van der Waals surface area (Å²) in [5.41, 5.74) is -0.0829. The molecule has 5 heteroatoms. The molecule has 0 bridgehead atoms. The summed E-state index contributed by atoms with van der Waals surface area (Å²) in [7, 11) is 0. The van der Waals surface area contributed by atoms with Gasteiger partial charge in [-0.3, -0.25) is 4.79 Å². The lowest BCUT2D eigenvalue weighted by molar-refractivity contribution is 0.266. The third-order valence-corrected chi connectivity index (χ3v) is 3.59. The molecule has 1 aromatic heterocycles. The first-order chi connectivity index (χ1) is 8.28. The van der Waals surface area contributed by atoms with Crippen LogP contribution in [0.4, 0.5) is 5.82 Å². The van der Waals surface area contributed by atoms with Gasteiger partial charge in [-0.05, 0) is 25.7 Å². The van der Waals surface area contributed by atoms with Crippen LogP contribution in [0.25, 0.3) is 0 Å². The average Bonchev–Trinajstić information content (AvgIpc) is 3.06. The first-order valence-electron chi connectivity index (χ1n) is 6.26. The van der Waals surface area contributed by atoms with Crippen molar-refractivity contribution < 1.29 is 5.11 Å². The summed E-state index contributed by atoms with van der Waals surface area (Å²) in [5.74, 6) is 1.99. The van der Waals surface area contributed by atoms with Gasteiger partial charge in [0, 0.05) is 18.5 Å². The van der Waals surface area contributed by atoms with Crippen molar-refractivity contribution >= 4 is 5.82 Å². The molecule has 2 aliphatic rings. The molecular formula is C12H17N3O2. The van der Waals surface area contributed by atoms with Crippen molar-refractivity contribution in [2.75, 3.05) is 18.1 Å². The predicted molar refractivity (Wildman–Crippen MR) is 64.3 cm³/mol. The number of anilines is 1. The van der Waals surface area contributed by atoms with Gasteiger partial charge < -0.3 is 15.0 Å². The Labute approximate surface area is 99.5 Å². The van der Waals surface area contributed by atoms with E-state index in [-0.39, 0.29) is 18.2 Å². The summed E-state index contributed by atoms with van der Waals surface area (Å²) >= 11 is 0. The van der Waals surface area contributed by atoms with E-state index in [1.807, 2.05) is 0 Å². The van der Waals surface area contributed by atoms with Gasteiger partial charge in [0.25, 0.3) is 5.56 Å². The molecule has 1 aliphatic carbocycles. The number of aromatic amines is 1. The van der Waals surface area contributed by atoms with E-state index in [0.717, 1.165) is 43.9 Å². The smallest absolute Gasteiger partial charge is 0.252 e.